The fraction of sp³-hybridized carbons (Fsp3) is 1.00. The zero-order chi connectivity index (χ0) is 12.3. The lowest BCUT2D eigenvalue weighted by molar-refractivity contribution is 0.0686. The molecule has 1 saturated heterocycles. The molecule has 1 atom stereocenters. The first-order valence-electron chi connectivity index (χ1n) is 6.81. The first kappa shape index (κ1) is 14.9. The maximum atomic E-state index is 5.42. The third-order valence-electron chi connectivity index (χ3n) is 3.20. The number of rotatable bonds is 9. The van der Waals surface area contributed by atoms with Gasteiger partial charge in [-0.3, -0.25) is 0 Å². The minimum Gasteiger partial charge on any atom is -0.382 e. The van der Waals surface area contributed by atoms with Gasteiger partial charge in [-0.1, -0.05) is 0 Å². The summed E-state index contributed by atoms with van der Waals surface area (Å²) in [6.07, 6.45) is 5.00. The number of likely N-dealkylation sites (tertiary alicyclic amines) is 1. The van der Waals surface area contributed by atoms with Crippen LogP contribution in [0, 0.1) is 0 Å². The number of methoxy groups -OCH3 is 1. The second kappa shape index (κ2) is 9.83. The monoisotopic (exact) mass is 244 g/mol. The molecule has 0 aliphatic carbocycles. The van der Waals surface area contributed by atoms with Crippen LogP contribution in [0.1, 0.15) is 25.7 Å². The van der Waals surface area contributed by atoms with E-state index < -0.39 is 0 Å². The highest BCUT2D eigenvalue weighted by Gasteiger charge is 2.15. The van der Waals surface area contributed by atoms with Crippen LogP contribution in [0.2, 0.25) is 0 Å². The Balaban J connectivity index is 1.83. The minimum atomic E-state index is 0.697. The van der Waals surface area contributed by atoms with Crippen molar-refractivity contribution in [3.05, 3.63) is 0 Å². The number of nitrogens with zero attached hydrogens (tertiary/aromatic N) is 1. The van der Waals surface area contributed by atoms with Gasteiger partial charge >= 0.3 is 0 Å². The first-order valence-corrected chi connectivity index (χ1v) is 6.81. The van der Waals surface area contributed by atoms with Gasteiger partial charge in [0.15, 0.2) is 0 Å². The highest BCUT2D eigenvalue weighted by Crippen LogP contribution is 2.07. The van der Waals surface area contributed by atoms with Gasteiger partial charge in [0.1, 0.15) is 0 Å². The molecule has 0 bridgehead atoms. The maximum Gasteiger partial charge on any atom is 0.0700 e. The number of hydrogen-bond acceptors (Lipinski definition) is 4. The first-order chi connectivity index (χ1) is 8.33. The molecule has 0 aromatic heterocycles. The Morgan fingerprint density at radius 2 is 2.12 bits per heavy atom. The Morgan fingerprint density at radius 1 is 1.24 bits per heavy atom. The van der Waals surface area contributed by atoms with E-state index in [1.807, 2.05) is 0 Å². The Morgan fingerprint density at radius 3 is 2.88 bits per heavy atom. The quantitative estimate of drug-likeness (QED) is 0.616. The largest absolute Gasteiger partial charge is 0.382 e. The fourth-order valence-electron chi connectivity index (χ4n) is 2.21. The van der Waals surface area contributed by atoms with E-state index in [0.717, 1.165) is 26.2 Å². The van der Waals surface area contributed by atoms with Gasteiger partial charge in [0, 0.05) is 26.3 Å². The lowest BCUT2D eigenvalue weighted by Gasteiger charge is -2.30. The lowest BCUT2D eigenvalue weighted by atomic mass is 10.1. The van der Waals surface area contributed by atoms with Crippen LogP contribution in [0.25, 0.3) is 0 Å². The smallest absolute Gasteiger partial charge is 0.0700 e. The van der Waals surface area contributed by atoms with Crippen molar-refractivity contribution in [2.45, 2.75) is 31.7 Å². The van der Waals surface area contributed by atoms with Gasteiger partial charge in [0.2, 0.25) is 0 Å². The number of hydrogen-bond donors (Lipinski definition) is 1. The Kier molecular flexibility index (Phi) is 8.61. The second-order valence-electron chi connectivity index (χ2n) is 4.87. The van der Waals surface area contributed by atoms with Gasteiger partial charge in [-0.25, -0.2) is 0 Å². The molecule has 1 heterocycles. The number of nitrogens with one attached hydrogen (secondary N) is 1. The second-order valence-corrected chi connectivity index (χ2v) is 4.87. The van der Waals surface area contributed by atoms with Crippen molar-refractivity contribution >= 4 is 0 Å². The summed E-state index contributed by atoms with van der Waals surface area (Å²) in [7, 11) is 3.91. The van der Waals surface area contributed by atoms with Gasteiger partial charge in [-0.2, -0.15) is 0 Å². The molecule has 1 fully saturated rings. The summed E-state index contributed by atoms with van der Waals surface area (Å²) in [5.74, 6) is 0. The number of likely N-dealkylation sites (N-methyl/N-ethyl adjacent to an activating group) is 1. The van der Waals surface area contributed by atoms with Crippen LogP contribution in [0.3, 0.4) is 0 Å². The van der Waals surface area contributed by atoms with E-state index >= 15 is 0 Å². The summed E-state index contributed by atoms with van der Waals surface area (Å²) < 4.78 is 10.3. The number of piperidine rings is 1. The molecule has 1 aliphatic heterocycles. The fourth-order valence-corrected chi connectivity index (χ4v) is 2.21. The van der Waals surface area contributed by atoms with Crippen molar-refractivity contribution in [2.75, 3.05) is 53.6 Å². The minimum absolute atomic E-state index is 0.697. The highest BCUT2D eigenvalue weighted by atomic mass is 16.5. The summed E-state index contributed by atoms with van der Waals surface area (Å²) in [6.45, 7) is 5.85. The Hall–Kier alpha value is -0.160. The van der Waals surface area contributed by atoms with Gasteiger partial charge in [0.05, 0.1) is 13.2 Å². The SMILES string of the molecule is COCCOCCCCNC1CCCN(C)C1. The summed E-state index contributed by atoms with van der Waals surface area (Å²) in [4.78, 5) is 2.41. The molecule has 1 rings (SSSR count). The standard InChI is InChI=1S/C13H28N2O2/c1-15-8-5-6-13(12-15)14-7-3-4-9-17-11-10-16-2/h13-14H,3-12H2,1-2H3. The van der Waals surface area contributed by atoms with Crippen LogP contribution >= 0.6 is 0 Å². The van der Waals surface area contributed by atoms with Gasteiger partial charge in [-0.05, 0) is 45.8 Å². The average molecular weight is 244 g/mol. The molecule has 1 N–H and O–H groups in total. The van der Waals surface area contributed by atoms with Crippen molar-refractivity contribution in [3.63, 3.8) is 0 Å². The topological polar surface area (TPSA) is 33.7 Å². The highest BCUT2D eigenvalue weighted by molar-refractivity contribution is 4.75. The van der Waals surface area contributed by atoms with E-state index in [1.165, 1.54) is 32.4 Å². The molecular formula is C13H28N2O2. The van der Waals surface area contributed by atoms with Gasteiger partial charge in [-0.15, -0.1) is 0 Å². The zero-order valence-corrected chi connectivity index (χ0v) is 11.4. The molecule has 4 heteroatoms. The summed E-state index contributed by atoms with van der Waals surface area (Å²) in [6, 6.07) is 0.697. The summed E-state index contributed by atoms with van der Waals surface area (Å²) in [5.41, 5.74) is 0. The molecule has 4 nitrogen and oxygen atoms in total. The van der Waals surface area contributed by atoms with Crippen molar-refractivity contribution in [1.82, 2.24) is 10.2 Å². The molecule has 0 spiro atoms. The molecule has 0 radical (unpaired) electrons. The van der Waals surface area contributed by atoms with E-state index in [-0.39, 0.29) is 0 Å². The van der Waals surface area contributed by atoms with Crippen molar-refractivity contribution in [3.8, 4) is 0 Å². The molecule has 0 aromatic rings. The van der Waals surface area contributed by atoms with Crippen LogP contribution in [0.15, 0.2) is 0 Å². The molecule has 1 aliphatic rings. The summed E-state index contributed by atoms with van der Waals surface area (Å²) in [5, 5.41) is 3.63. The maximum absolute atomic E-state index is 5.42. The lowest BCUT2D eigenvalue weighted by Crippen LogP contribution is -2.44. The van der Waals surface area contributed by atoms with E-state index in [2.05, 4.69) is 17.3 Å². The third-order valence-corrected chi connectivity index (χ3v) is 3.20. The molecule has 0 aromatic carbocycles. The molecule has 1 unspecified atom stereocenters. The van der Waals surface area contributed by atoms with Crippen LogP contribution in [-0.2, 0) is 9.47 Å². The van der Waals surface area contributed by atoms with E-state index in [9.17, 15) is 0 Å². The predicted octanol–water partition coefficient (Wildman–Crippen LogP) is 1.11. The van der Waals surface area contributed by atoms with Gasteiger partial charge < -0.3 is 19.7 Å². The zero-order valence-electron chi connectivity index (χ0n) is 11.4. The third kappa shape index (κ3) is 7.71. The van der Waals surface area contributed by atoms with Crippen LogP contribution in [0.5, 0.6) is 0 Å². The van der Waals surface area contributed by atoms with Crippen molar-refractivity contribution in [1.29, 1.82) is 0 Å². The molecule has 0 amide bonds. The number of unbranched alkanes of at least 4 members (excludes halogenated alkanes) is 1. The van der Waals surface area contributed by atoms with Crippen molar-refractivity contribution < 1.29 is 9.47 Å². The summed E-state index contributed by atoms with van der Waals surface area (Å²) >= 11 is 0. The van der Waals surface area contributed by atoms with E-state index in [4.69, 9.17) is 9.47 Å². The molecule has 102 valence electrons. The average Bonchev–Trinajstić information content (AvgIpc) is 2.33. The Labute approximate surface area is 106 Å². The predicted molar refractivity (Wildman–Crippen MR) is 70.5 cm³/mol. The van der Waals surface area contributed by atoms with Crippen LogP contribution < -0.4 is 5.32 Å². The van der Waals surface area contributed by atoms with Crippen molar-refractivity contribution in [2.24, 2.45) is 0 Å². The van der Waals surface area contributed by atoms with E-state index in [1.54, 1.807) is 7.11 Å². The molecule has 0 saturated carbocycles. The van der Waals surface area contributed by atoms with Gasteiger partial charge in [0.25, 0.3) is 0 Å². The van der Waals surface area contributed by atoms with Crippen LogP contribution in [0.4, 0.5) is 0 Å². The van der Waals surface area contributed by atoms with E-state index in [0.29, 0.717) is 12.6 Å². The normalized spacial score (nSPS) is 21.9. The number of ether oxygens (including phenoxy) is 2. The van der Waals surface area contributed by atoms with Crippen LogP contribution in [-0.4, -0.2) is 64.6 Å². The Bertz CT molecular complexity index is 179. The molecule has 17 heavy (non-hydrogen) atoms. The molecular weight excluding hydrogens is 216 g/mol.